The smallest absolute Gasteiger partial charge is 0.268 e. The zero-order chi connectivity index (χ0) is 13.8. The summed E-state index contributed by atoms with van der Waals surface area (Å²) in [5.74, 6) is 6.47. The zero-order valence-corrected chi connectivity index (χ0v) is 11.2. The lowest BCUT2D eigenvalue weighted by molar-refractivity contribution is 0.0952. The normalized spacial score (nSPS) is 20.5. The number of nitrogens with zero attached hydrogens (tertiary/aromatic N) is 1. The predicted octanol–water partition coefficient (Wildman–Crippen LogP) is 0.396. The lowest BCUT2D eigenvalue weighted by Gasteiger charge is -2.30. The number of nitrogens with one attached hydrogen (secondary N) is 1. The number of hydrogen-bond donors (Lipinski definition) is 3. The van der Waals surface area contributed by atoms with Crippen molar-refractivity contribution >= 4 is 5.91 Å². The van der Waals surface area contributed by atoms with Gasteiger partial charge < -0.3 is 9.52 Å². The van der Waals surface area contributed by atoms with Gasteiger partial charge in [0, 0.05) is 13.2 Å². The zero-order valence-electron chi connectivity index (χ0n) is 11.2. The van der Waals surface area contributed by atoms with Crippen molar-refractivity contribution in [3.05, 3.63) is 23.2 Å². The fraction of sp³-hybridized carbons (Fsp3) is 0.615. The molecule has 1 atom stereocenters. The van der Waals surface area contributed by atoms with E-state index in [2.05, 4.69) is 10.3 Å². The molecule has 0 radical (unpaired) electrons. The third kappa shape index (κ3) is 3.34. The third-order valence-corrected chi connectivity index (χ3v) is 3.59. The van der Waals surface area contributed by atoms with E-state index in [-0.39, 0.29) is 12.5 Å². The number of aryl methyl sites for hydroxylation is 1. The summed E-state index contributed by atoms with van der Waals surface area (Å²) >= 11 is 0. The minimum Gasteiger partial charge on any atom is -0.464 e. The van der Waals surface area contributed by atoms with E-state index in [4.69, 9.17) is 10.3 Å². The van der Waals surface area contributed by atoms with Crippen LogP contribution >= 0.6 is 0 Å². The molecule has 1 amide bonds. The van der Waals surface area contributed by atoms with Crippen molar-refractivity contribution in [3.8, 4) is 0 Å². The van der Waals surface area contributed by atoms with Crippen LogP contribution in [0.2, 0.25) is 0 Å². The summed E-state index contributed by atoms with van der Waals surface area (Å²) in [5, 5.41) is 9.21. The molecule has 6 heteroatoms. The standard InChI is InChI=1S/C13H21N3O3/c1-9-12(13(18)15-14)5-11(19-9)7-16-4-2-3-10(6-16)8-17/h5,10,17H,2-4,6-8,14H2,1H3,(H,15,18). The first-order valence-electron chi connectivity index (χ1n) is 6.57. The van der Waals surface area contributed by atoms with E-state index in [1.807, 2.05) is 0 Å². The summed E-state index contributed by atoms with van der Waals surface area (Å²) in [5.41, 5.74) is 2.59. The first-order chi connectivity index (χ1) is 9.13. The van der Waals surface area contributed by atoms with Crippen LogP contribution < -0.4 is 11.3 Å². The maximum atomic E-state index is 11.5. The molecule has 0 aromatic carbocycles. The number of aliphatic hydroxyl groups is 1. The number of aliphatic hydroxyl groups excluding tert-OH is 1. The van der Waals surface area contributed by atoms with Crippen molar-refractivity contribution in [2.75, 3.05) is 19.7 Å². The molecule has 1 saturated heterocycles. The van der Waals surface area contributed by atoms with Crippen LogP contribution in [0.4, 0.5) is 0 Å². The average Bonchev–Trinajstić information content (AvgIpc) is 2.79. The van der Waals surface area contributed by atoms with E-state index in [1.54, 1.807) is 13.0 Å². The van der Waals surface area contributed by atoms with Crippen LogP contribution in [0.3, 0.4) is 0 Å². The van der Waals surface area contributed by atoms with Gasteiger partial charge in [0.2, 0.25) is 0 Å². The Morgan fingerprint density at radius 3 is 3.16 bits per heavy atom. The predicted molar refractivity (Wildman–Crippen MR) is 70.2 cm³/mol. The monoisotopic (exact) mass is 267 g/mol. The number of likely N-dealkylation sites (tertiary alicyclic amines) is 1. The van der Waals surface area contributed by atoms with Gasteiger partial charge in [-0.2, -0.15) is 0 Å². The number of carbonyl (C=O) groups excluding carboxylic acids is 1. The van der Waals surface area contributed by atoms with Gasteiger partial charge in [0.15, 0.2) is 0 Å². The number of nitrogens with two attached hydrogens (primary N) is 1. The minimum absolute atomic E-state index is 0.231. The molecule has 1 unspecified atom stereocenters. The maximum absolute atomic E-state index is 11.5. The van der Waals surface area contributed by atoms with Crippen LogP contribution in [0.15, 0.2) is 10.5 Å². The number of carbonyl (C=O) groups is 1. The first-order valence-corrected chi connectivity index (χ1v) is 6.57. The molecule has 106 valence electrons. The van der Waals surface area contributed by atoms with Crippen LogP contribution in [-0.2, 0) is 6.54 Å². The Hall–Kier alpha value is -1.37. The number of rotatable bonds is 4. The molecule has 0 saturated carbocycles. The third-order valence-electron chi connectivity index (χ3n) is 3.59. The molecule has 1 aromatic heterocycles. The summed E-state index contributed by atoms with van der Waals surface area (Å²) in [6.07, 6.45) is 2.16. The van der Waals surface area contributed by atoms with Crippen LogP contribution in [0.1, 0.15) is 34.7 Å². The average molecular weight is 267 g/mol. The molecular formula is C13H21N3O3. The van der Waals surface area contributed by atoms with Gasteiger partial charge in [0.05, 0.1) is 12.1 Å². The highest BCUT2D eigenvalue weighted by Gasteiger charge is 2.21. The van der Waals surface area contributed by atoms with Gasteiger partial charge in [-0.1, -0.05) is 0 Å². The highest BCUT2D eigenvalue weighted by molar-refractivity contribution is 5.94. The summed E-state index contributed by atoms with van der Waals surface area (Å²) in [6.45, 7) is 4.51. The molecule has 0 bridgehead atoms. The summed E-state index contributed by atoms with van der Waals surface area (Å²) in [4.78, 5) is 13.7. The molecule has 2 rings (SSSR count). The Balaban J connectivity index is 2.01. The van der Waals surface area contributed by atoms with Crippen molar-refractivity contribution in [1.82, 2.24) is 10.3 Å². The number of piperidine rings is 1. The van der Waals surface area contributed by atoms with Gasteiger partial charge in [-0.3, -0.25) is 15.1 Å². The van der Waals surface area contributed by atoms with Gasteiger partial charge in [-0.05, 0) is 38.3 Å². The van der Waals surface area contributed by atoms with Gasteiger partial charge in [0.1, 0.15) is 11.5 Å². The molecule has 2 heterocycles. The van der Waals surface area contributed by atoms with E-state index in [0.717, 1.165) is 31.7 Å². The molecule has 6 nitrogen and oxygen atoms in total. The molecule has 1 aliphatic rings. The van der Waals surface area contributed by atoms with Crippen LogP contribution in [0, 0.1) is 12.8 Å². The Kier molecular flexibility index (Phi) is 4.57. The number of nitrogen functional groups attached to an aromatic ring is 1. The first kappa shape index (κ1) is 14.0. The largest absolute Gasteiger partial charge is 0.464 e. The van der Waals surface area contributed by atoms with E-state index in [0.29, 0.717) is 23.8 Å². The van der Waals surface area contributed by atoms with Crippen molar-refractivity contribution in [1.29, 1.82) is 0 Å². The van der Waals surface area contributed by atoms with Crippen LogP contribution in [-0.4, -0.2) is 35.6 Å². The number of amides is 1. The lowest BCUT2D eigenvalue weighted by atomic mass is 9.99. The minimum atomic E-state index is -0.334. The molecule has 1 fully saturated rings. The van der Waals surface area contributed by atoms with Gasteiger partial charge in [-0.15, -0.1) is 0 Å². The van der Waals surface area contributed by atoms with Gasteiger partial charge in [0.25, 0.3) is 5.91 Å². The van der Waals surface area contributed by atoms with Crippen molar-refractivity contribution in [2.24, 2.45) is 11.8 Å². The van der Waals surface area contributed by atoms with E-state index < -0.39 is 0 Å². The lowest BCUT2D eigenvalue weighted by Crippen LogP contribution is -2.36. The SMILES string of the molecule is Cc1oc(CN2CCCC(CO)C2)cc1C(=O)NN. The van der Waals surface area contributed by atoms with Gasteiger partial charge in [-0.25, -0.2) is 5.84 Å². The highest BCUT2D eigenvalue weighted by atomic mass is 16.3. The topological polar surface area (TPSA) is 91.7 Å². The quantitative estimate of drug-likeness (QED) is 0.417. The highest BCUT2D eigenvalue weighted by Crippen LogP contribution is 2.21. The Bertz CT molecular complexity index is 444. The van der Waals surface area contributed by atoms with E-state index >= 15 is 0 Å². The van der Waals surface area contributed by atoms with Crippen LogP contribution in [0.5, 0.6) is 0 Å². The summed E-state index contributed by atoms with van der Waals surface area (Å²) in [7, 11) is 0. The van der Waals surface area contributed by atoms with Crippen molar-refractivity contribution < 1.29 is 14.3 Å². The van der Waals surface area contributed by atoms with Crippen molar-refractivity contribution in [3.63, 3.8) is 0 Å². The maximum Gasteiger partial charge on any atom is 0.268 e. The molecular weight excluding hydrogens is 246 g/mol. The molecule has 1 aromatic rings. The summed E-state index contributed by atoms with van der Waals surface area (Å²) in [6, 6.07) is 1.74. The fourth-order valence-electron chi connectivity index (χ4n) is 2.59. The van der Waals surface area contributed by atoms with E-state index in [9.17, 15) is 9.90 Å². The number of furan rings is 1. The fourth-order valence-corrected chi connectivity index (χ4v) is 2.59. The Labute approximate surface area is 112 Å². The second kappa shape index (κ2) is 6.18. The van der Waals surface area contributed by atoms with Crippen LogP contribution in [0.25, 0.3) is 0 Å². The summed E-state index contributed by atoms with van der Waals surface area (Å²) < 4.78 is 5.59. The number of hydrogen-bond acceptors (Lipinski definition) is 5. The molecule has 0 spiro atoms. The molecule has 0 aliphatic carbocycles. The second-order valence-electron chi connectivity index (χ2n) is 5.08. The Morgan fingerprint density at radius 1 is 1.68 bits per heavy atom. The van der Waals surface area contributed by atoms with Gasteiger partial charge >= 0.3 is 0 Å². The van der Waals surface area contributed by atoms with Crippen molar-refractivity contribution in [2.45, 2.75) is 26.3 Å². The van der Waals surface area contributed by atoms with E-state index in [1.165, 1.54) is 0 Å². The molecule has 19 heavy (non-hydrogen) atoms. The molecule has 1 aliphatic heterocycles. The molecule has 4 N–H and O–H groups in total. The Morgan fingerprint density at radius 2 is 2.47 bits per heavy atom. The second-order valence-corrected chi connectivity index (χ2v) is 5.08. The number of hydrazine groups is 1.